The predicted molar refractivity (Wildman–Crippen MR) is 154 cm³/mol. The summed E-state index contributed by atoms with van der Waals surface area (Å²) in [5, 5.41) is 6.57. The number of halogens is 2. The van der Waals surface area contributed by atoms with Crippen LogP contribution in [0.25, 0.3) is 22.2 Å². The summed E-state index contributed by atoms with van der Waals surface area (Å²) in [5.74, 6) is -1.54. The molecule has 9 heteroatoms. The second-order valence-corrected chi connectivity index (χ2v) is 9.60. The second-order valence-electron chi connectivity index (χ2n) is 9.60. The molecule has 4 aromatic carbocycles. The van der Waals surface area contributed by atoms with E-state index >= 15 is 0 Å². The average molecular weight is 539 g/mol. The van der Waals surface area contributed by atoms with E-state index in [9.17, 15) is 13.6 Å². The molecular formula is C31H28F2N6O. The van der Waals surface area contributed by atoms with Gasteiger partial charge < -0.3 is 21.3 Å². The van der Waals surface area contributed by atoms with Crippen molar-refractivity contribution in [2.24, 2.45) is 5.73 Å². The molecule has 0 aliphatic rings. The number of nitrogens with two attached hydrogens (primary N) is 1. The quantitative estimate of drug-likeness (QED) is 0.221. The van der Waals surface area contributed by atoms with E-state index < -0.39 is 11.6 Å². The molecule has 0 unspecified atom stereocenters. The molecule has 7 nitrogen and oxygen atoms in total. The topological polar surface area (TPSA) is 96.2 Å². The Balaban J connectivity index is 1.39. The SMILES string of the molecule is CN(C)Cc1ccc(CN)c(NC(=O)c2ccc(Nc3nc(-c4c(F)cccc4F)c4ccccc4n3)cc2)c1. The van der Waals surface area contributed by atoms with Gasteiger partial charge in [0.05, 0.1) is 16.8 Å². The Labute approximate surface area is 230 Å². The minimum absolute atomic E-state index is 0.145. The molecule has 0 saturated carbocycles. The fourth-order valence-electron chi connectivity index (χ4n) is 4.46. The van der Waals surface area contributed by atoms with Crippen molar-refractivity contribution >= 4 is 34.1 Å². The van der Waals surface area contributed by atoms with Crippen LogP contribution >= 0.6 is 0 Å². The molecule has 1 aromatic heterocycles. The number of fused-ring (bicyclic) bond motifs is 1. The normalized spacial score (nSPS) is 11.2. The molecule has 0 bridgehead atoms. The molecule has 202 valence electrons. The number of amides is 1. The Hall–Kier alpha value is -4.73. The van der Waals surface area contributed by atoms with Crippen molar-refractivity contribution in [3.8, 4) is 11.3 Å². The minimum atomic E-state index is -0.713. The number of benzene rings is 4. The van der Waals surface area contributed by atoms with Gasteiger partial charge in [0.25, 0.3) is 5.91 Å². The summed E-state index contributed by atoms with van der Waals surface area (Å²) in [6.45, 7) is 1.03. The zero-order valence-electron chi connectivity index (χ0n) is 22.1. The molecule has 0 aliphatic heterocycles. The summed E-state index contributed by atoms with van der Waals surface area (Å²) < 4.78 is 29.3. The standard InChI is InChI=1S/C31H28F2N6O/c1-39(2)18-19-10-11-21(17-34)27(16-19)36-30(40)20-12-14-22(15-13-20)35-31-37-26-9-4-3-6-23(26)29(38-31)28-24(32)7-5-8-25(28)33/h3-16H,17-18,34H2,1-2H3,(H,36,40)(H,35,37,38). The number of carbonyl (C=O) groups excluding carboxylic acids is 1. The predicted octanol–water partition coefficient (Wildman–Crippen LogP) is 6.09. The molecule has 0 fully saturated rings. The van der Waals surface area contributed by atoms with Crippen molar-refractivity contribution in [3.05, 3.63) is 113 Å². The largest absolute Gasteiger partial charge is 0.326 e. The van der Waals surface area contributed by atoms with Gasteiger partial charge in [-0.15, -0.1) is 0 Å². The maximum atomic E-state index is 14.7. The van der Waals surface area contributed by atoms with E-state index in [4.69, 9.17) is 5.73 Å². The zero-order chi connectivity index (χ0) is 28.2. The number of para-hydroxylation sites is 1. The summed E-state index contributed by atoms with van der Waals surface area (Å²) in [7, 11) is 3.96. The highest BCUT2D eigenvalue weighted by molar-refractivity contribution is 6.05. The Morgan fingerprint density at radius 2 is 1.62 bits per heavy atom. The average Bonchev–Trinajstić information content (AvgIpc) is 2.93. The first kappa shape index (κ1) is 26.9. The number of hydrogen-bond acceptors (Lipinski definition) is 6. The van der Waals surface area contributed by atoms with Crippen LogP contribution in [0.15, 0.2) is 84.9 Å². The number of hydrogen-bond donors (Lipinski definition) is 3. The summed E-state index contributed by atoms with van der Waals surface area (Å²) in [6, 6.07) is 23.3. The van der Waals surface area contributed by atoms with Crippen LogP contribution in [0, 0.1) is 11.6 Å². The van der Waals surface area contributed by atoms with Gasteiger partial charge in [-0.05, 0) is 73.8 Å². The third-order valence-electron chi connectivity index (χ3n) is 6.35. The van der Waals surface area contributed by atoms with Gasteiger partial charge in [-0.25, -0.2) is 18.7 Å². The van der Waals surface area contributed by atoms with Crippen LogP contribution in [0.4, 0.5) is 26.1 Å². The van der Waals surface area contributed by atoms with Crippen molar-refractivity contribution in [3.63, 3.8) is 0 Å². The lowest BCUT2D eigenvalue weighted by Gasteiger charge is -2.15. The molecule has 0 aliphatic carbocycles. The maximum absolute atomic E-state index is 14.7. The van der Waals surface area contributed by atoms with Crippen LogP contribution < -0.4 is 16.4 Å². The first-order chi connectivity index (χ1) is 19.3. The lowest BCUT2D eigenvalue weighted by Crippen LogP contribution is -2.16. The Morgan fingerprint density at radius 1 is 0.900 bits per heavy atom. The molecule has 0 saturated heterocycles. The summed E-state index contributed by atoms with van der Waals surface area (Å²) in [6.07, 6.45) is 0. The molecule has 40 heavy (non-hydrogen) atoms. The van der Waals surface area contributed by atoms with Crippen molar-refractivity contribution in [1.29, 1.82) is 0 Å². The fourth-order valence-corrected chi connectivity index (χ4v) is 4.46. The number of rotatable bonds is 8. The highest BCUT2D eigenvalue weighted by Gasteiger charge is 2.18. The van der Waals surface area contributed by atoms with Crippen LogP contribution in [0.5, 0.6) is 0 Å². The van der Waals surface area contributed by atoms with E-state index in [1.54, 1.807) is 48.5 Å². The van der Waals surface area contributed by atoms with Gasteiger partial charge in [0.15, 0.2) is 0 Å². The van der Waals surface area contributed by atoms with Crippen molar-refractivity contribution in [2.75, 3.05) is 24.7 Å². The molecule has 1 heterocycles. The van der Waals surface area contributed by atoms with Gasteiger partial charge >= 0.3 is 0 Å². The molecular weight excluding hydrogens is 510 g/mol. The molecule has 1 amide bonds. The highest BCUT2D eigenvalue weighted by Crippen LogP contribution is 2.32. The fraction of sp³-hybridized carbons (Fsp3) is 0.129. The monoisotopic (exact) mass is 538 g/mol. The number of carbonyl (C=O) groups is 1. The van der Waals surface area contributed by atoms with Crippen molar-refractivity contribution in [2.45, 2.75) is 13.1 Å². The third-order valence-corrected chi connectivity index (χ3v) is 6.35. The number of nitrogens with zero attached hydrogens (tertiary/aromatic N) is 3. The summed E-state index contributed by atoms with van der Waals surface area (Å²) >= 11 is 0. The van der Waals surface area contributed by atoms with Gasteiger partial charge in [-0.3, -0.25) is 4.79 Å². The molecule has 0 atom stereocenters. The number of anilines is 3. The van der Waals surface area contributed by atoms with Crippen molar-refractivity contribution in [1.82, 2.24) is 14.9 Å². The van der Waals surface area contributed by atoms with Gasteiger partial charge in [0, 0.05) is 35.4 Å². The van der Waals surface area contributed by atoms with E-state index in [-0.39, 0.29) is 23.1 Å². The van der Waals surface area contributed by atoms with E-state index in [1.165, 1.54) is 18.2 Å². The lowest BCUT2D eigenvalue weighted by molar-refractivity contribution is 0.102. The summed E-state index contributed by atoms with van der Waals surface area (Å²) in [5.41, 5.74) is 9.95. The maximum Gasteiger partial charge on any atom is 0.255 e. The van der Waals surface area contributed by atoms with E-state index in [0.717, 1.165) is 17.7 Å². The van der Waals surface area contributed by atoms with E-state index in [0.29, 0.717) is 34.4 Å². The Kier molecular flexibility index (Phi) is 7.77. The minimum Gasteiger partial charge on any atom is -0.326 e. The highest BCUT2D eigenvalue weighted by atomic mass is 19.1. The molecule has 5 rings (SSSR count). The van der Waals surface area contributed by atoms with Crippen LogP contribution in [0.3, 0.4) is 0 Å². The molecule has 0 radical (unpaired) electrons. The van der Waals surface area contributed by atoms with Crippen molar-refractivity contribution < 1.29 is 13.6 Å². The Morgan fingerprint density at radius 3 is 2.33 bits per heavy atom. The van der Waals surface area contributed by atoms with E-state index in [1.807, 2.05) is 37.2 Å². The van der Waals surface area contributed by atoms with E-state index in [2.05, 4.69) is 20.6 Å². The van der Waals surface area contributed by atoms with Crippen LogP contribution in [-0.2, 0) is 13.1 Å². The van der Waals surface area contributed by atoms with Crippen LogP contribution in [0.2, 0.25) is 0 Å². The van der Waals surface area contributed by atoms with Gasteiger partial charge in [0.1, 0.15) is 11.6 Å². The number of nitrogens with one attached hydrogen (secondary N) is 2. The third kappa shape index (κ3) is 5.80. The molecule has 4 N–H and O–H groups in total. The molecule has 0 spiro atoms. The Bertz CT molecular complexity index is 1670. The van der Waals surface area contributed by atoms with Crippen LogP contribution in [0.1, 0.15) is 21.5 Å². The molecule has 5 aromatic rings. The smallest absolute Gasteiger partial charge is 0.255 e. The second kappa shape index (κ2) is 11.6. The van der Waals surface area contributed by atoms with Crippen LogP contribution in [-0.4, -0.2) is 34.9 Å². The van der Waals surface area contributed by atoms with Gasteiger partial charge in [-0.2, -0.15) is 0 Å². The lowest BCUT2D eigenvalue weighted by atomic mass is 10.1. The number of aromatic nitrogens is 2. The first-order valence-corrected chi connectivity index (χ1v) is 12.7. The van der Waals surface area contributed by atoms with Gasteiger partial charge in [0.2, 0.25) is 5.95 Å². The van der Waals surface area contributed by atoms with Gasteiger partial charge in [-0.1, -0.05) is 36.4 Å². The first-order valence-electron chi connectivity index (χ1n) is 12.7. The zero-order valence-corrected chi connectivity index (χ0v) is 22.1. The summed E-state index contributed by atoms with van der Waals surface area (Å²) in [4.78, 5) is 24.0.